The van der Waals surface area contributed by atoms with Crippen LogP contribution in [0.4, 0.5) is 0 Å². The lowest BCUT2D eigenvalue weighted by atomic mass is 10.1. The minimum Gasteiger partial charge on any atom is -0.497 e. The van der Waals surface area contributed by atoms with Crippen LogP contribution in [0, 0.1) is 0 Å². The van der Waals surface area contributed by atoms with Crippen molar-refractivity contribution in [1.82, 2.24) is 4.90 Å². The van der Waals surface area contributed by atoms with Gasteiger partial charge in [0.15, 0.2) is 0 Å². The van der Waals surface area contributed by atoms with Crippen LogP contribution in [-0.4, -0.2) is 38.6 Å². The predicted octanol–water partition coefficient (Wildman–Crippen LogP) is 1.80. The summed E-state index contributed by atoms with van der Waals surface area (Å²) in [6.07, 6.45) is 0. The van der Waals surface area contributed by atoms with Gasteiger partial charge in [0.05, 0.1) is 14.2 Å². The molecule has 0 heterocycles. The Morgan fingerprint density at radius 3 is 2.06 bits per heavy atom. The molecule has 4 nitrogen and oxygen atoms in total. The standard InChI is InChI=1S/C12H17NO3/c1-5-13(2)12(14)9-6-10(15-3)8-11(7-9)16-4/h6-8H,5H2,1-4H3. The largest absolute Gasteiger partial charge is 0.497 e. The van der Waals surface area contributed by atoms with Crippen LogP contribution >= 0.6 is 0 Å². The van der Waals surface area contributed by atoms with Gasteiger partial charge in [-0.15, -0.1) is 0 Å². The van der Waals surface area contributed by atoms with Gasteiger partial charge in [-0.25, -0.2) is 0 Å². The molecule has 0 N–H and O–H groups in total. The topological polar surface area (TPSA) is 38.8 Å². The van der Waals surface area contributed by atoms with Crippen LogP contribution in [-0.2, 0) is 0 Å². The van der Waals surface area contributed by atoms with Gasteiger partial charge >= 0.3 is 0 Å². The average molecular weight is 223 g/mol. The van der Waals surface area contributed by atoms with Crippen molar-refractivity contribution in [2.75, 3.05) is 27.8 Å². The summed E-state index contributed by atoms with van der Waals surface area (Å²) in [5.41, 5.74) is 0.570. The van der Waals surface area contributed by atoms with Gasteiger partial charge in [-0.2, -0.15) is 0 Å². The molecule has 0 atom stereocenters. The van der Waals surface area contributed by atoms with Crippen molar-refractivity contribution in [3.8, 4) is 11.5 Å². The van der Waals surface area contributed by atoms with Gasteiger partial charge in [-0.1, -0.05) is 0 Å². The van der Waals surface area contributed by atoms with Crippen LogP contribution in [0.1, 0.15) is 17.3 Å². The normalized spacial score (nSPS) is 9.75. The van der Waals surface area contributed by atoms with Gasteiger partial charge in [0.2, 0.25) is 0 Å². The van der Waals surface area contributed by atoms with Crippen molar-refractivity contribution in [2.24, 2.45) is 0 Å². The Morgan fingerprint density at radius 2 is 1.69 bits per heavy atom. The first-order valence-electron chi connectivity index (χ1n) is 5.11. The lowest BCUT2D eigenvalue weighted by molar-refractivity contribution is 0.0801. The van der Waals surface area contributed by atoms with Gasteiger partial charge in [0.25, 0.3) is 5.91 Å². The molecule has 0 unspecified atom stereocenters. The van der Waals surface area contributed by atoms with Gasteiger partial charge < -0.3 is 14.4 Å². The maximum absolute atomic E-state index is 11.9. The molecule has 0 bridgehead atoms. The van der Waals surface area contributed by atoms with Crippen LogP contribution in [0.25, 0.3) is 0 Å². The van der Waals surface area contributed by atoms with Crippen molar-refractivity contribution in [3.63, 3.8) is 0 Å². The number of carbonyl (C=O) groups excluding carboxylic acids is 1. The maximum Gasteiger partial charge on any atom is 0.253 e. The van der Waals surface area contributed by atoms with E-state index >= 15 is 0 Å². The number of nitrogens with zero attached hydrogens (tertiary/aromatic N) is 1. The number of hydrogen-bond donors (Lipinski definition) is 0. The van der Waals surface area contributed by atoms with Gasteiger partial charge in [-0.05, 0) is 19.1 Å². The molecule has 1 amide bonds. The molecule has 0 aliphatic rings. The highest BCUT2D eigenvalue weighted by Crippen LogP contribution is 2.23. The first kappa shape index (κ1) is 12.4. The maximum atomic E-state index is 11.9. The van der Waals surface area contributed by atoms with E-state index in [1.807, 2.05) is 6.92 Å². The van der Waals surface area contributed by atoms with E-state index in [0.29, 0.717) is 23.6 Å². The third kappa shape index (κ3) is 2.66. The Balaban J connectivity index is 3.07. The first-order chi connectivity index (χ1) is 7.62. The van der Waals surface area contributed by atoms with Crippen LogP contribution in [0.2, 0.25) is 0 Å². The van der Waals surface area contributed by atoms with Gasteiger partial charge in [-0.3, -0.25) is 4.79 Å². The van der Waals surface area contributed by atoms with E-state index in [1.54, 1.807) is 44.4 Å². The first-order valence-corrected chi connectivity index (χ1v) is 5.11. The summed E-state index contributed by atoms with van der Waals surface area (Å²) < 4.78 is 10.2. The average Bonchev–Trinajstić information content (AvgIpc) is 2.35. The quantitative estimate of drug-likeness (QED) is 0.781. The summed E-state index contributed by atoms with van der Waals surface area (Å²) >= 11 is 0. The minimum absolute atomic E-state index is 0.0419. The third-order valence-electron chi connectivity index (χ3n) is 2.42. The molecule has 0 radical (unpaired) electrons. The molecule has 4 heteroatoms. The van der Waals surface area contributed by atoms with Gasteiger partial charge in [0.1, 0.15) is 11.5 Å². The third-order valence-corrected chi connectivity index (χ3v) is 2.42. The number of ether oxygens (including phenoxy) is 2. The minimum atomic E-state index is -0.0419. The molecular formula is C12H17NO3. The molecule has 0 saturated carbocycles. The van der Waals surface area contributed by atoms with Crippen molar-refractivity contribution < 1.29 is 14.3 Å². The fourth-order valence-corrected chi connectivity index (χ4v) is 1.29. The number of carbonyl (C=O) groups is 1. The van der Waals surface area contributed by atoms with E-state index in [1.165, 1.54) is 0 Å². The summed E-state index contributed by atoms with van der Waals surface area (Å²) in [6.45, 7) is 2.59. The summed E-state index contributed by atoms with van der Waals surface area (Å²) in [5.74, 6) is 1.19. The molecule has 1 aromatic rings. The lowest BCUT2D eigenvalue weighted by Crippen LogP contribution is -2.26. The molecule has 1 rings (SSSR count). The molecule has 0 spiro atoms. The van der Waals surface area contributed by atoms with E-state index in [2.05, 4.69) is 0 Å². The monoisotopic (exact) mass is 223 g/mol. The van der Waals surface area contributed by atoms with Crippen molar-refractivity contribution in [3.05, 3.63) is 23.8 Å². The van der Waals surface area contributed by atoms with Crippen molar-refractivity contribution >= 4 is 5.91 Å². The Labute approximate surface area is 95.8 Å². The zero-order valence-electron chi connectivity index (χ0n) is 10.1. The second kappa shape index (κ2) is 5.39. The summed E-state index contributed by atoms with van der Waals surface area (Å²) in [6, 6.07) is 5.15. The second-order valence-corrected chi connectivity index (χ2v) is 3.42. The van der Waals surface area contributed by atoms with Crippen LogP contribution in [0.15, 0.2) is 18.2 Å². The van der Waals surface area contributed by atoms with E-state index in [9.17, 15) is 4.79 Å². The zero-order chi connectivity index (χ0) is 12.1. The van der Waals surface area contributed by atoms with E-state index in [0.717, 1.165) is 0 Å². The second-order valence-electron chi connectivity index (χ2n) is 3.42. The number of methoxy groups -OCH3 is 2. The van der Waals surface area contributed by atoms with Crippen LogP contribution < -0.4 is 9.47 Å². The smallest absolute Gasteiger partial charge is 0.253 e. The fourth-order valence-electron chi connectivity index (χ4n) is 1.29. The van der Waals surface area contributed by atoms with Gasteiger partial charge in [0, 0.05) is 25.2 Å². The highest BCUT2D eigenvalue weighted by Gasteiger charge is 2.12. The molecule has 0 fully saturated rings. The van der Waals surface area contributed by atoms with E-state index in [-0.39, 0.29) is 5.91 Å². The molecule has 16 heavy (non-hydrogen) atoms. The number of benzene rings is 1. The van der Waals surface area contributed by atoms with E-state index in [4.69, 9.17) is 9.47 Å². The molecule has 0 aliphatic heterocycles. The molecule has 0 aromatic heterocycles. The Hall–Kier alpha value is -1.71. The highest BCUT2D eigenvalue weighted by molar-refractivity contribution is 5.94. The molecule has 0 aliphatic carbocycles. The fraction of sp³-hybridized carbons (Fsp3) is 0.417. The van der Waals surface area contributed by atoms with Crippen molar-refractivity contribution in [2.45, 2.75) is 6.92 Å². The summed E-state index contributed by atoms with van der Waals surface area (Å²) in [5, 5.41) is 0. The number of hydrogen-bond acceptors (Lipinski definition) is 3. The Bertz CT molecular complexity index is 354. The number of amides is 1. The summed E-state index contributed by atoms with van der Waals surface area (Å²) in [4.78, 5) is 13.6. The predicted molar refractivity (Wildman–Crippen MR) is 62.2 cm³/mol. The molecular weight excluding hydrogens is 206 g/mol. The summed E-state index contributed by atoms with van der Waals surface area (Å²) in [7, 11) is 4.88. The Kier molecular flexibility index (Phi) is 4.17. The van der Waals surface area contributed by atoms with Crippen molar-refractivity contribution in [1.29, 1.82) is 0 Å². The van der Waals surface area contributed by atoms with Crippen LogP contribution in [0.3, 0.4) is 0 Å². The Morgan fingerprint density at radius 1 is 1.19 bits per heavy atom. The highest BCUT2D eigenvalue weighted by atomic mass is 16.5. The molecule has 88 valence electrons. The number of rotatable bonds is 4. The SMILES string of the molecule is CCN(C)C(=O)c1cc(OC)cc(OC)c1. The van der Waals surface area contributed by atoms with Crippen LogP contribution in [0.5, 0.6) is 11.5 Å². The molecule has 1 aromatic carbocycles. The molecule has 0 saturated heterocycles. The van der Waals surface area contributed by atoms with E-state index < -0.39 is 0 Å². The zero-order valence-corrected chi connectivity index (χ0v) is 10.1. The lowest BCUT2D eigenvalue weighted by Gasteiger charge is -2.15.